The van der Waals surface area contributed by atoms with Gasteiger partial charge in [-0.25, -0.2) is 0 Å². The molecule has 0 spiro atoms. The molecule has 0 saturated carbocycles. The molecule has 2 N–H and O–H groups in total. The smallest absolute Gasteiger partial charge is 0.335 e. The van der Waals surface area contributed by atoms with Crippen LogP contribution in [0.3, 0.4) is 0 Å². The van der Waals surface area contributed by atoms with Crippen molar-refractivity contribution in [2.75, 3.05) is 13.6 Å². The molecule has 0 aromatic heterocycles. The Kier molecular flexibility index (Phi) is 5.64. The molecule has 0 saturated heterocycles. The van der Waals surface area contributed by atoms with E-state index in [0.29, 0.717) is 11.3 Å². The molecule has 0 radical (unpaired) electrons. The van der Waals surface area contributed by atoms with Gasteiger partial charge in [-0.3, -0.25) is 4.79 Å². The Morgan fingerprint density at radius 1 is 1.47 bits per heavy atom. The van der Waals surface area contributed by atoms with Crippen LogP contribution < -0.4 is 5.73 Å². The number of alkyl halides is 3. The molecular weight excluding hydrogens is 209 g/mol. The Bertz CT molecular complexity index is 206. The van der Waals surface area contributed by atoms with Crippen molar-refractivity contribution in [1.29, 1.82) is 0 Å². The molecule has 0 aromatic carbocycles. The fraction of sp³-hybridized carbons (Fsp3) is 0.889. The molecule has 0 aliphatic heterocycles. The molecule has 0 aliphatic rings. The highest BCUT2D eigenvalue weighted by Gasteiger charge is 2.32. The Morgan fingerprint density at radius 3 is 2.40 bits per heavy atom. The first-order chi connectivity index (χ1) is 6.78. The summed E-state index contributed by atoms with van der Waals surface area (Å²) in [7, 11) is 1.11. The Labute approximate surface area is 87.4 Å². The second kappa shape index (κ2) is 5.95. The zero-order chi connectivity index (χ0) is 12.1. The van der Waals surface area contributed by atoms with Crippen molar-refractivity contribution in [3.05, 3.63) is 0 Å². The highest BCUT2D eigenvalue weighted by Crippen LogP contribution is 2.16. The number of unbranched alkanes of at least 4 members (excludes halogenated alkanes) is 1. The number of hydrogen-bond acceptors (Lipinski definition) is 2. The summed E-state index contributed by atoms with van der Waals surface area (Å²) < 4.78 is 35.8. The largest absolute Gasteiger partial charge is 0.406 e. The van der Waals surface area contributed by atoms with E-state index in [1.807, 2.05) is 6.92 Å². The number of halogens is 3. The lowest BCUT2D eigenvalue weighted by molar-refractivity contribution is -0.159. The molecule has 0 heterocycles. The first-order valence-corrected chi connectivity index (χ1v) is 4.85. The van der Waals surface area contributed by atoms with Gasteiger partial charge in [0.15, 0.2) is 0 Å². The summed E-state index contributed by atoms with van der Waals surface area (Å²) in [6.07, 6.45) is -2.33. The van der Waals surface area contributed by atoms with E-state index in [4.69, 9.17) is 5.73 Å². The second-order valence-corrected chi connectivity index (χ2v) is 3.56. The van der Waals surface area contributed by atoms with E-state index in [2.05, 4.69) is 0 Å². The SMILES string of the molecule is CCCCC(N)C(=O)N(C)CC(F)(F)F. The van der Waals surface area contributed by atoms with E-state index in [1.165, 1.54) is 0 Å². The van der Waals surface area contributed by atoms with Crippen molar-refractivity contribution in [2.24, 2.45) is 5.73 Å². The van der Waals surface area contributed by atoms with Gasteiger partial charge in [-0.05, 0) is 6.42 Å². The lowest BCUT2D eigenvalue weighted by Crippen LogP contribution is -2.45. The van der Waals surface area contributed by atoms with Crippen molar-refractivity contribution >= 4 is 5.91 Å². The topological polar surface area (TPSA) is 46.3 Å². The predicted octanol–water partition coefficient (Wildman–Crippen LogP) is 1.52. The molecule has 0 aliphatic carbocycles. The van der Waals surface area contributed by atoms with Crippen LogP contribution in [0.2, 0.25) is 0 Å². The van der Waals surface area contributed by atoms with Crippen LogP contribution in [0.1, 0.15) is 26.2 Å². The molecule has 1 amide bonds. The van der Waals surface area contributed by atoms with Gasteiger partial charge in [0.05, 0.1) is 6.04 Å². The first kappa shape index (κ1) is 14.2. The normalized spacial score (nSPS) is 13.7. The minimum Gasteiger partial charge on any atom is -0.335 e. The fourth-order valence-electron chi connectivity index (χ4n) is 1.18. The van der Waals surface area contributed by atoms with Gasteiger partial charge in [0.2, 0.25) is 5.91 Å². The third kappa shape index (κ3) is 6.33. The minimum atomic E-state index is -4.37. The standard InChI is InChI=1S/C9H17F3N2O/c1-3-4-5-7(13)8(15)14(2)6-9(10,11)12/h7H,3-6,13H2,1-2H3. The van der Waals surface area contributed by atoms with Crippen molar-refractivity contribution in [3.63, 3.8) is 0 Å². The molecule has 6 heteroatoms. The van der Waals surface area contributed by atoms with Gasteiger partial charge in [-0.15, -0.1) is 0 Å². The van der Waals surface area contributed by atoms with E-state index in [0.717, 1.165) is 19.9 Å². The molecular formula is C9H17F3N2O. The number of rotatable bonds is 5. The highest BCUT2D eigenvalue weighted by atomic mass is 19.4. The molecule has 0 bridgehead atoms. The number of nitrogens with two attached hydrogens (primary N) is 1. The van der Waals surface area contributed by atoms with Crippen LogP contribution in [0.4, 0.5) is 13.2 Å². The lowest BCUT2D eigenvalue weighted by Gasteiger charge is -2.22. The van der Waals surface area contributed by atoms with E-state index in [-0.39, 0.29) is 0 Å². The summed E-state index contributed by atoms with van der Waals surface area (Å²) in [4.78, 5) is 12.0. The number of nitrogens with zero attached hydrogens (tertiary/aromatic N) is 1. The van der Waals surface area contributed by atoms with Crippen LogP contribution in [0, 0.1) is 0 Å². The summed E-state index contributed by atoms with van der Waals surface area (Å²) in [5.41, 5.74) is 5.46. The third-order valence-corrected chi connectivity index (χ3v) is 1.98. The Balaban J connectivity index is 4.08. The second-order valence-electron chi connectivity index (χ2n) is 3.56. The zero-order valence-electron chi connectivity index (χ0n) is 8.97. The molecule has 0 fully saturated rings. The number of likely N-dealkylation sites (N-methyl/N-ethyl adjacent to an activating group) is 1. The predicted molar refractivity (Wildman–Crippen MR) is 51.2 cm³/mol. The molecule has 1 atom stereocenters. The summed E-state index contributed by atoms with van der Waals surface area (Å²) in [5, 5.41) is 0. The number of hydrogen-bond donors (Lipinski definition) is 1. The molecule has 3 nitrogen and oxygen atoms in total. The van der Waals surface area contributed by atoms with Crippen molar-refractivity contribution in [2.45, 2.75) is 38.4 Å². The quantitative estimate of drug-likeness (QED) is 0.772. The number of carbonyl (C=O) groups excluding carboxylic acids is 1. The van der Waals surface area contributed by atoms with Crippen LogP contribution >= 0.6 is 0 Å². The minimum absolute atomic E-state index is 0.428. The molecule has 0 rings (SSSR count). The Hall–Kier alpha value is -0.780. The van der Waals surface area contributed by atoms with Crippen LogP contribution in [-0.4, -0.2) is 36.6 Å². The van der Waals surface area contributed by atoms with Crippen LogP contribution in [0.15, 0.2) is 0 Å². The van der Waals surface area contributed by atoms with E-state index < -0.39 is 24.7 Å². The van der Waals surface area contributed by atoms with Crippen molar-refractivity contribution in [1.82, 2.24) is 4.90 Å². The highest BCUT2D eigenvalue weighted by molar-refractivity contribution is 5.81. The molecule has 0 aromatic rings. The van der Waals surface area contributed by atoms with Crippen molar-refractivity contribution < 1.29 is 18.0 Å². The molecule has 1 unspecified atom stereocenters. The average molecular weight is 226 g/mol. The maximum absolute atomic E-state index is 11.9. The van der Waals surface area contributed by atoms with Gasteiger partial charge in [0.1, 0.15) is 6.54 Å². The first-order valence-electron chi connectivity index (χ1n) is 4.85. The molecule has 90 valence electrons. The van der Waals surface area contributed by atoms with Gasteiger partial charge in [-0.2, -0.15) is 13.2 Å². The fourth-order valence-corrected chi connectivity index (χ4v) is 1.18. The lowest BCUT2D eigenvalue weighted by atomic mass is 10.1. The van der Waals surface area contributed by atoms with Gasteiger partial charge in [0, 0.05) is 7.05 Å². The van der Waals surface area contributed by atoms with Gasteiger partial charge in [-0.1, -0.05) is 19.8 Å². The van der Waals surface area contributed by atoms with E-state index in [1.54, 1.807) is 0 Å². The monoisotopic (exact) mass is 226 g/mol. The summed E-state index contributed by atoms with van der Waals surface area (Å²) in [5.74, 6) is -0.652. The van der Waals surface area contributed by atoms with Gasteiger partial charge < -0.3 is 10.6 Å². The van der Waals surface area contributed by atoms with Gasteiger partial charge in [0.25, 0.3) is 0 Å². The van der Waals surface area contributed by atoms with Gasteiger partial charge >= 0.3 is 6.18 Å². The van der Waals surface area contributed by atoms with Crippen LogP contribution in [0.25, 0.3) is 0 Å². The van der Waals surface area contributed by atoms with E-state index >= 15 is 0 Å². The zero-order valence-corrected chi connectivity index (χ0v) is 8.97. The summed E-state index contributed by atoms with van der Waals surface area (Å²) in [6.45, 7) is 0.683. The maximum Gasteiger partial charge on any atom is 0.406 e. The Morgan fingerprint density at radius 2 is 2.00 bits per heavy atom. The molecule has 15 heavy (non-hydrogen) atoms. The average Bonchev–Trinajstić information content (AvgIpc) is 2.10. The maximum atomic E-state index is 11.9. The van der Waals surface area contributed by atoms with Crippen LogP contribution in [0.5, 0.6) is 0 Å². The third-order valence-electron chi connectivity index (χ3n) is 1.98. The van der Waals surface area contributed by atoms with Crippen LogP contribution in [-0.2, 0) is 4.79 Å². The summed E-state index contributed by atoms with van der Waals surface area (Å²) >= 11 is 0. The number of amides is 1. The summed E-state index contributed by atoms with van der Waals surface area (Å²) in [6, 6.07) is -0.822. The van der Waals surface area contributed by atoms with Crippen molar-refractivity contribution in [3.8, 4) is 0 Å². The van der Waals surface area contributed by atoms with E-state index in [9.17, 15) is 18.0 Å². The number of carbonyl (C=O) groups is 1.